The number of aromatic nitrogens is 3. The number of pyridine rings is 2. The van der Waals surface area contributed by atoms with E-state index in [2.05, 4.69) is 31.2 Å². The molecule has 0 bridgehead atoms. The van der Waals surface area contributed by atoms with E-state index >= 15 is 0 Å². The van der Waals surface area contributed by atoms with Gasteiger partial charge in [-0.25, -0.2) is 18.2 Å². The summed E-state index contributed by atoms with van der Waals surface area (Å²) in [7, 11) is 0. The summed E-state index contributed by atoms with van der Waals surface area (Å²) in [5.74, 6) is -2.77. The third-order valence-corrected chi connectivity index (χ3v) is 6.70. The number of hydrogen-bond acceptors (Lipinski definition) is 3. The smallest absolute Gasteiger partial charge is 0.257 e. The van der Waals surface area contributed by atoms with Crippen LogP contribution in [0.15, 0.2) is 82.7 Å². The molecule has 0 aliphatic heterocycles. The van der Waals surface area contributed by atoms with Crippen LogP contribution in [0.5, 0.6) is 0 Å². The Morgan fingerprint density at radius 1 is 1.23 bits per heavy atom. The van der Waals surface area contributed by atoms with E-state index in [9.17, 15) is 18.0 Å². The molecular formula is C26H20BrF3N4O. The Balaban J connectivity index is 1.55. The zero-order chi connectivity index (χ0) is 24.7. The zero-order valence-corrected chi connectivity index (χ0v) is 20.2. The van der Waals surface area contributed by atoms with Crippen molar-refractivity contribution < 1.29 is 18.0 Å². The average molecular weight is 541 g/mol. The van der Waals surface area contributed by atoms with Gasteiger partial charge in [0.1, 0.15) is 22.1 Å². The lowest BCUT2D eigenvalue weighted by molar-refractivity contribution is 0.0963. The van der Waals surface area contributed by atoms with Crippen molar-refractivity contribution in [1.82, 2.24) is 19.7 Å². The molecule has 3 aromatic rings. The second kappa shape index (κ2) is 9.30. The van der Waals surface area contributed by atoms with Gasteiger partial charge in [-0.15, -0.1) is 0 Å². The van der Waals surface area contributed by atoms with Crippen molar-refractivity contribution in [3.05, 3.63) is 99.8 Å². The average Bonchev–Trinajstić information content (AvgIpc) is 3.19. The minimum absolute atomic E-state index is 0.218. The predicted molar refractivity (Wildman–Crippen MR) is 131 cm³/mol. The van der Waals surface area contributed by atoms with Crippen molar-refractivity contribution in [2.75, 3.05) is 0 Å². The topological polar surface area (TPSA) is 59.3 Å². The van der Waals surface area contributed by atoms with Gasteiger partial charge in [-0.1, -0.05) is 12.1 Å². The first-order chi connectivity index (χ1) is 16.8. The number of rotatable bonds is 4. The van der Waals surface area contributed by atoms with Gasteiger partial charge in [0, 0.05) is 35.6 Å². The van der Waals surface area contributed by atoms with Crippen LogP contribution >= 0.6 is 15.9 Å². The summed E-state index contributed by atoms with van der Waals surface area (Å²) in [6.07, 6.45) is 9.97. The van der Waals surface area contributed by atoms with Crippen LogP contribution in [0.1, 0.15) is 47.1 Å². The van der Waals surface area contributed by atoms with Gasteiger partial charge in [0.15, 0.2) is 5.83 Å². The van der Waals surface area contributed by atoms with Gasteiger partial charge >= 0.3 is 0 Å². The number of nitrogens with zero attached hydrogens (tertiary/aromatic N) is 3. The van der Waals surface area contributed by atoms with E-state index in [-0.39, 0.29) is 18.2 Å². The number of halogens is 4. The molecule has 0 saturated heterocycles. The first-order valence-electron chi connectivity index (χ1n) is 11.0. The zero-order valence-electron chi connectivity index (χ0n) is 18.7. The largest absolute Gasteiger partial charge is 0.326 e. The maximum atomic E-state index is 14.6. The second-order valence-corrected chi connectivity index (χ2v) is 9.16. The minimum atomic E-state index is -0.894. The highest BCUT2D eigenvalue weighted by molar-refractivity contribution is 9.10. The molecule has 3 aromatic heterocycles. The van der Waals surface area contributed by atoms with Crippen molar-refractivity contribution in [2.45, 2.75) is 32.1 Å². The molecule has 3 heterocycles. The fraction of sp³-hybridized carbons (Fsp3) is 0.192. The number of nitrogens with one attached hydrogen (secondary N) is 1. The number of allylic oxidation sites excluding steroid dienone is 8. The molecule has 0 radical (unpaired) electrons. The molecule has 5 nitrogen and oxygen atoms in total. The van der Waals surface area contributed by atoms with E-state index in [0.717, 1.165) is 11.6 Å². The molecule has 1 atom stereocenters. The second-order valence-electron chi connectivity index (χ2n) is 8.40. The van der Waals surface area contributed by atoms with E-state index in [1.807, 2.05) is 6.07 Å². The standard InChI is InChI=1S/C26H20BrF3N4O/c1-14-20(26(35)32-17-9-7-16(28)8-10-17)12-15(13-31-14)18-5-3-11-34-23(18)24(27)33-25(34)19-4-2-6-21(29)22(19)30/h2-3,5-7,9,11-13,19H,4,8,10H2,1H3,(H,32,35). The maximum Gasteiger partial charge on any atom is 0.257 e. The van der Waals surface area contributed by atoms with Gasteiger partial charge < -0.3 is 9.72 Å². The SMILES string of the molecule is Cc1ncc(-c2cccn3c(C4CC=CC(F)=C4F)nc(Br)c23)cc1C(=O)NC1=CC=C(F)CC1. The molecular weight excluding hydrogens is 521 g/mol. The molecule has 2 aliphatic rings. The van der Waals surface area contributed by atoms with Crippen LogP contribution < -0.4 is 5.32 Å². The van der Waals surface area contributed by atoms with Gasteiger partial charge in [0.2, 0.25) is 0 Å². The number of hydrogen-bond donors (Lipinski definition) is 1. The third kappa shape index (κ3) is 4.36. The summed E-state index contributed by atoms with van der Waals surface area (Å²) in [5.41, 5.74) is 3.59. The van der Waals surface area contributed by atoms with E-state index in [1.54, 1.807) is 48.0 Å². The van der Waals surface area contributed by atoms with E-state index in [0.29, 0.717) is 51.3 Å². The third-order valence-electron chi connectivity index (χ3n) is 6.15. The summed E-state index contributed by atoms with van der Waals surface area (Å²) in [5, 5.41) is 2.84. The number of amides is 1. The molecule has 0 saturated carbocycles. The molecule has 0 aromatic carbocycles. The Morgan fingerprint density at radius 2 is 2.06 bits per heavy atom. The molecule has 1 amide bonds. The van der Waals surface area contributed by atoms with Crippen LogP contribution in [-0.2, 0) is 0 Å². The molecule has 2 aliphatic carbocycles. The van der Waals surface area contributed by atoms with Crippen molar-refractivity contribution in [2.24, 2.45) is 0 Å². The summed E-state index contributed by atoms with van der Waals surface area (Å²) >= 11 is 3.47. The highest BCUT2D eigenvalue weighted by atomic mass is 79.9. The first-order valence-corrected chi connectivity index (χ1v) is 11.8. The van der Waals surface area contributed by atoms with E-state index in [4.69, 9.17) is 0 Å². The summed E-state index contributed by atoms with van der Waals surface area (Å²) in [6.45, 7) is 1.74. The van der Waals surface area contributed by atoms with Crippen LogP contribution in [0.3, 0.4) is 0 Å². The fourth-order valence-corrected chi connectivity index (χ4v) is 4.90. The first kappa shape index (κ1) is 23.3. The molecule has 1 N–H and O–H groups in total. The summed E-state index contributed by atoms with van der Waals surface area (Å²) < 4.78 is 44.0. The van der Waals surface area contributed by atoms with Crippen LogP contribution in [-0.4, -0.2) is 20.3 Å². The number of aryl methyl sites for hydroxylation is 1. The Morgan fingerprint density at radius 3 is 2.83 bits per heavy atom. The molecule has 0 fully saturated rings. The maximum absolute atomic E-state index is 14.6. The Bertz CT molecular complexity index is 1490. The normalized spacial score (nSPS) is 18.0. The van der Waals surface area contributed by atoms with Gasteiger partial charge in [-0.2, -0.15) is 0 Å². The number of carbonyl (C=O) groups is 1. The van der Waals surface area contributed by atoms with Crippen molar-refractivity contribution >= 4 is 27.4 Å². The summed E-state index contributed by atoms with van der Waals surface area (Å²) in [6, 6.07) is 5.36. The molecule has 1 unspecified atom stereocenters. The summed E-state index contributed by atoms with van der Waals surface area (Å²) in [4.78, 5) is 21.9. The Kier molecular flexibility index (Phi) is 6.19. The van der Waals surface area contributed by atoms with Crippen molar-refractivity contribution in [3.8, 4) is 11.1 Å². The number of fused-ring (bicyclic) bond motifs is 1. The Hall–Kier alpha value is -3.46. The van der Waals surface area contributed by atoms with Crippen LogP contribution in [0, 0.1) is 6.92 Å². The lowest BCUT2D eigenvalue weighted by Crippen LogP contribution is -2.24. The molecule has 9 heteroatoms. The lowest BCUT2D eigenvalue weighted by Gasteiger charge is -2.16. The van der Waals surface area contributed by atoms with Crippen LogP contribution in [0.25, 0.3) is 16.6 Å². The quantitative estimate of drug-likeness (QED) is 0.390. The highest BCUT2D eigenvalue weighted by Gasteiger charge is 2.28. The number of imidazole rings is 1. The van der Waals surface area contributed by atoms with Crippen molar-refractivity contribution in [3.63, 3.8) is 0 Å². The molecule has 5 rings (SSSR count). The lowest BCUT2D eigenvalue weighted by atomic mass is 9.98. The minimum Gasteiger partial charge on any atom is -0.326 e. The molecule has 178 valence electrons. The molecule has 35 heavy (non-hydrogen) atoms. The van der Waals surface area contributed by atoms with Gasteiger partial charge in [-0.3, -0.25) is 9.78 Å². The monoisotopic (exact) mass is 540 g/mol. The van der Waals surface area contributed by atoms with Crippen LogP contribution in [0.2, 0.25) is 0 Å². The number of carbonyl (C=O) groups excluding carboxylic acids is 1. The van der Waals surface area contributed by atoms with E-state index < -0.39 is 17.6 Å². The van der Waals surface area contributed by atoms with Gasteiger partial charge in [0.25, 0.3) is 5.91 Å². The van der Waals surface area contributed by atoms with Gasteiger partial charge in [0.05, 0.1) is 22.7 Å². The fourth-order valence-electron chi connectivity index (χ4n) is 4.31. The Labute approximate surface area is 207 Å². The molecule has 0 spiro atoms. The predicted octanol–water partition coefficient (Wildman–Crippen LogP) is 6.92. The van der Waals surface area contributed by atoms with Gasteiger partial charge in [-0.05, 0) is 66.1 Å². The van der Waals surface area contributed by atoms with Crippen molar-refractivity contribution in [1.29, 1.82) is 0 Å². The van der Waals surface area contributed by atoms with E-state index in [1.165, 1.54) is 6.08 Å². The highest BCUT2D eigenvalue weighted by Crippen LogP contribution is 2.39. The van der Waals surface area contributed by atoms with Crippen LogP contribution in [0.4, 0.5) is 13.2 Å².